The second kappa shape index (κ2) is 11.4. The molecule has 1 heterocycles. The van der Waals surface area contributed by atoms with Gasteiger partial charge < -0.3 is 25.6 Å². The average molecular weight is 434 g/mol. The van der Waals surface area contributed by atoms with Crippen molar-refractivity contribution in [1.82, 2.24) is 10.2 Å². The van der Waals surface area contributed by atoms with Gasteiger partial charge in [0.15, 0.2) is 5.92 Å². The van der Waals surface area contributed by atoms with Crippen molar-refractivity contribution in [3.63, 3.8) is 0 Å². The molecule has 1 fully saturated rings. The normalized spacial score (nSPS) is 19.1. The Morgan fingerprint density at radius 2 is 2.07 bits per heavy atom. The molecule has 0 aliphatic carbocycles. The summed E-state index contributed by atoms with van der Waals surface area (Å²) in [7, 11) is 1.45. The molecule has 0 aromatic heterocycles. The van der Waals surface area contributed by atoms with Gasteiger partial charge in [0.25, 0.3) is 0 Å². The third-order valence-corrected chi connectivity index (χ3v) is 5.98. The molecule has 1 saturated heterocycles. The lowest BCUT2D eigenvalue weighted by Gasteiger charge is -2.25. The van der Waals surface area contributed by atoms with Gasteiger partial charge in [0.05, 0.1) is 6.07 Å². The van der Waals surface area contributed by atoms with Crippen molar-refractivity contribution in [2.45, 2.75) is 24.5 Å². The molecule has 9 nitrogen and oxygen atoms in total. The number of hydrogen-bond donors (Lipinski definition) is 3. The number of carbonyl (C=O) groups is 3. The van der Waals surface area contributed by atoms with E-state index >= 15 is 0 Å². The van der Waals surface area contributed by atoms with Gasteiger partial charge in [0.2, 0.25) is 17.7 Å². The summed E-state index contributed by atoms with van der Waals surface area (Å²) in [6.45, 7) is 4.77. The van der Waals surface area contributed by atoms with Crippen molar-refractivity contribution in [1.29, 1.82) is 5.26 Å². The van der Waals surface area contributed by atoms with E-state index in [0.717, 1.165) is 5.69 Å². The number of carbonyl (C=O) groups excluding carboxylic acids is 3. The first kappa shape index (κ1) is 23.5. The molecule has 0 bridgehead atoms. The quantitative estimate of drug-likeness (QED) is 0.507. The highest BCUT2D eigenvalue weighted by atomic mass is 32.2. The van der Waals surface area contributed by atoms with Crippen LogP contribution in [0.3, 0.4) is 0 Å². The Kier molecular flexibility index (Phi) is 8.95. The highest BCUT2D eigenvalue weighted by Crippen LogP contribution is 2.36. The van der Waals surface area contributed by atoms with Crippen molar-refractivity contribution in [2.24, 2.45) is 5.92 Å². The van der Waals surface area contributed by atoms with Gasteiger partial charge in [-0.15, -0.1) is 11.8 Å². The molecule has 1 aromatic carbocycles. The van der Waals surface area contributed by atoms with Crippen LogP contribution in [-0.4, -0.2) is 66.6 Å². The second-order valence-corrected chi connectivity index (χ2v) is 7.91. The minimum absolute atomic E-state index is 0.0369. The van der Waals surface area contributed by atoms with Gasteiger partial charge in [-0.25, -0.2) is 0 Å². The topological polar surface area (TPSA) is 124 Å². The van der Waals surface area contributed by atoms with Crippen LogP contribution in [0.15, 0.2) is 24.3 Å². The van der Waals surface area contributed by atoms with Gasteiger partial charge >= 0.3 is 0 Å². The fourth-order valence-corrected chi connectivity index (χ4v) is 4.63. The number of nitriles is 1. The number of nitrogens with zero attached hydrogens (tertiary/aromatic N) is 2. The van der Waals surface area contributed by atoms with E-state index in [1.807, 2.05) is 19.1 Å². The molecule has 2 unspecified atom stereocenters. The fourth-order valence-electron chi connectivity index (χ4n) is 3.12. The van der Waals surface area contributed by atoms with E-state index in [1.54, 1.807) is 30.0 Å². The summed E-state index contributed by atoms with van der Waals surface area (Å²) in [5, 5.41) is 17.1. The lowest BCUT2D eigenvalue weighted by atomic mass is 10.1. The maximum absolute atomic E-state index is 12.8. The summed E-state index contributed by atoms with van der Waals surface area (Å²) in [5.74, 6) is -1.65. The number of hydrogen-bond acceptors (Lipinski definition) is 7. The molecule has 1 aliphatic heterocycles. The Morgan fingerprint density at radius 1 is 1.33 bits per heavy atom. The molecule has 3 amide bonds. The van der Waals surface area contributed by atoms with Crippen LogP contribution in [0, 0.1) is 17.2 Å². The molecule has 0 spiro atoms. The highest BCUT2D eigenvalue weighted by Gasteiger charge is 2.45. The molecule has 10 heteroatoms. The Balaban J connectivity index is 2.04. The minimum atomic E-state index is -0.928. The smallest absolute Gasteiger partial charge is 0.250 e. The number of thioether (sulfide) groups is 1. The zero-order valence-corrected chi connectivity index (χ0v) is 18.1. The number of nitrogens with one attached hydrogen (secondary N) is 3. The summed E-state index contributed by atoms with van der Waals surface area (Å²) in [4.78, 5) is 38.3. The van der Waals surface area contributed by atoms with Crippen LogP contribution < -0.4 is 16.0 Å². The first-order valence-corrected chi connectivity index (χ1v) is 10.6. The molecule has 2 rings (SSSR count). The zero-order valence-electron chi connectivity index (χ0n) is 17.3. The lowest BCUT2D eigenvalue weighted by molar-refractivity contribution is -0.131. The van der Waals surface area contributed by atoms with Crippen molar-refractivity contribution >= 4 is 40.9 Å². The molecular weight excluding hydrogens is 406 g/mol. The van der Waals surface area contributed by atoms with E-state index in [-0.39, 0.29) is 24.3 Å². The molecule has 1 aromatic rings. The Morgan fingerprint density at radius 3 is 2.70 bits per heavy atom. The van der Waals surface area contributed by atoms with Crippen molar-refractivity contribution in [3.8, 4) is 6.07 Å². The molecule has 30 heavy (non-hydrogen) atoms. The van der Waals surface area contributed by atoms with Gasteiger partial charge in [0, 0.05) is 38.1 Å². The standard InChI is InChI=1S/C20H27N5O4S/c1-4-22-18(27)15(10-21)20-25(5-2)19(28)16(30-20)11-23-13-7-6-8-14(9-13)24-17(26)12-29-3/h6-9,15-16,20,23H,4-5,11-12H2,1-3H3,(H,22,27)(H,24,26)/t15-,16?,20?/m1/s1. The third kappa shape index (κ3) is 5.87. The maximum Gasteiger partial charge on any atom is 0.250 e. The number of anilines is 2. The van der Waals surface area contributed by atoms with E-state index in [9.17, 15) is 19.6 Å². The average Bonchev–Trinajstić information content (AvgIpc) is 3.03. The molecule has 0 radical (unpaired) electrons. The second-order valence-electron chi connectivity index (χ2n) is 6.58. The predicted octanol–water partition coefficient (Wildman–Crippen LogP) is 1.25. The molecule has 1 aliphatic rings. The highest BCUT2D eigenvalue weighted by molar-refractivity contribution is 8.01. The van der Waals surface area contributed by atoms with E-state index in [0.29, 0.717) is 25.3 Å². The summed E-state index contributed by atoms with van der Waals surface area (Å²) < 4.78 is 4.80. The first-order chi connectivity index (χ1) is 14.4. The Hall–Kier alpha value is -2.77. The molecule has 3 atom stereocenters. The van der Waals surface area contributed by atoms with Gasteiger partial charge in [-0.1, -0.05) is 6.07 Å². The first-order valence-electron chi connectivity index (χ1n) is 9.71. The van der Waals surface area contributed by atoms with E-state index in [1.165, 1.54) is 18.9 Å². The SMILES string of the molecule is CCNC(=O)[C@@H](C#N)C1SC(CNc2cccc(NC(=O)COC)c2)C(=O)N1CC. The minimum Gasteiger partial charge on any atom is -0.383 e. The van der Waals surface area contributed by atoms with Crippen LogP contribution in [0.2, 0.25) is 0 Å². The van der Waals surface area contributed by atoms with Crippen molar-refractivity contribution < 1.29 is 19.1 Å². The van der Waals surface area contributed by atoms with Gasteiger partial charge in [-0.2, -0.15) is 5.26 Å². The van der Waals surface area contributed by atoms with Gasteiger partial charge in [-0.3, -0.25) is 14.4 Å². The number of amides is 3. The molecular formula is C20H27N5O4S. The zero-order chi connectivity index (χ0) is 22.1. The van der Waals surface area contributed by atoms with Crippen LogP contribution in [0.1, 0.15) is 13.8 Å². The molecule has 0 saturated carbocycles. The summed E-state index contributed by atoms with van der Waals surface area (Å²) in [6.07, 6.45) is 0. The predicted molar refractivity (Wildman–Crippen MR) is 116 cm³/mol. The van der Waals surface area contributed by atoms with Crippen LogP contribution in [0.4, 0.5) is 11.4 Å². The Bertz CT molecular complexity index is 813. The molecule has 3 N–H and O–H groups in total. The van der Waals surface area contributed by atoms with Crippen LogP contribution in [0.5, 0.6) is 0 Å². The number of methoxy groups -OCH3 is 1. The van der Waals surface area contributed by atoms with Crippen molar-refractivity contribution in [3.05, 3.63) is 24.3 Å². The maximum atomic E-state index is 12.8. The largest absolute Gasteiger partial charge is 0.383 e. The monoisotopic (exact) mass is 433 g/mol. The number of benzene rings is 1. The number of ether oxygens (including phenoxy) is 1. The van der Waals surface area contributed by atoms with Gasteiger partial charge in [-0.05, 0) is 32.0 Å². The number of rotatable bonds is 10. The summed E-state index contributed by atoms with van der Waals surface area (Å²) >= 11 is 1.32. The van der Waals surface area contributed by atoms with Crippen LogP contribution in [-0.2, 0) is 19.1 Å². The summed E-state index contributed by atoms with van der Waals surface area (Å²) in [5.41, 5.74) is 1.35. The fraction of sp³-hybridized carbons (Fsp3) is 0.500. The van der Waals surface area contributed by atoms with Gasteiger partial charge in [0.1, 0.15) is 17.2 Å². The Labute approximate surface area is 180 Å². The van der Waals surface area contributed by atoms with E-state index < -0.39 is 16.5 Å². The van der Waals surface area contributed by atoms with Crippen LogP contribution in [0.25, 0.3) is 0 Å². The molecule has 162 valence electrons. The summed E-state index contributed by atoms with van der Waals surface area (Å²) in [6, 6.07) is 9.19. The van der Waals surface area contributed by atoms with Crippen LogP contribution >= 0.6 is 11.8 Å². The van der Waals surface area contributed by atoms with Crippen molar-refractivity contribution in [2.75, 3.05) is 44.0 Å². The van der Waals surface area contributed by atoms with E-state index in [4.69, 9.17) is 4.74 Å². The third-order valence-electron chi connectivity index (χ3n) is 4.48. The lowest BCUT2D eigenvalue weighted by Crippen LogP contribution is -2.44. The van der Waals surface area contributed by atoms with E-state index in [2.05, 4.69) is 16.0 Å².